The fourth-order valence-corrected chi connectivity index (χ4v) is 11.7. The molecule has 504 valence electrons. The van der Waals surface area contributed by atoms with Crippen LogP contribution in [0.3, 0.4) is 0 Å². The van der Waals surface area contributed by atoms with Gasteiger partial charge in [-0.3, -0.25) is 18.6 Å². The first-order valence-electron chi connectivity index (χ1n) is 37.1. The number of phosphoric ester groups is 1. The van der Waals surface area contributed by atoms with E-state index < -0.39 is 20.0 Å². The van der Waals surface area contributed by atoms with Crippen molar-refractivity contribution in [2.24, 2.45) is 0 Å². The van der Waals surface area contributed by atoms with Crippen LogP contribution in [0.25, 0.3) is 0 Å². The summed E-state index contributed by atoms with van der Waals surface area (Å²) in [6.45, 7) is 7.03. The number of nitrogens with zero attached hydrogens (tertiary/aromatic N) is 1. The third-order valence-electron chi connectivity index (χ3n) is 16.7. The van der Waals surface area contributed by atoms with Gasteiger partial charge in [0.2, 0.25) is 5.91 Å². The number of allylic oxidation sites excluding steroid dienone is 9. The number of likely N-dealkylation sites (N-methyl/N-ethyl adjacent to an activating group) is 1. The summed E-state index contributed by atoms with van der Waals surface area (Å²) >= 11 is 0. The van der Waals surface area contributed by atoms with Crippen molar-refractivity contribution in [3.8, 4) is 0 Å². The van der Waals surface area contributed by atoms with Crippen molar-refractivity contribution in [1.29, 1.82) is 0 Å². The zero-order valence-corrected chi connectivity index (χ0v) is 58.7. The molecule has 1 amide bonds. The highest BCUT2D eigenvalue weighted by molar-refractivity contribution is 7.47. The first kappa shape index (κ1) is 83.7. The number of rotatable bonds is 68. The Bertz CT molecular complexity index is 1650. The molecular weight excluding hydrogens is 1080 g/mol. The highest BCUT2D eigenvalue weighted by Crippen LogP contribution is 2.43. The van der Waals surface area contributed by atoms with Crippen molar-refractivity contribution in [3.05, 3.63) is 60.8 Å². The highest BCUT2D eigenvalue weighted by atomic mass is 31.2. The van der Waals surface area contributed by atoms with Gasteiger partial charge >= 0.3 is 13.8 Å². The van der Waals surface area contributed by atoms with Crippen LogP contribution in [0.15, 0.2) is 60.8 Å². The van der Waals surface area contributed by atoms with Crippen molar-refractivity contribution < 1.29 is 37.3 Å². The van der Waals surface area contributed by atoms with Crippen LogP contribution in [0, 0.1) is 0 Å². The lowest BCUT2D eigenvalue weighted by Gasteiger charge is -2.27. The highest BCUT2D eigenvalue weighted by Gasteiger charge is 2.30. The molecule has 3 atom stereocenters. The number of carbonyl (C=O) groups is 2. The van der Waals surface area contributed by atoms with E-state index in [-0.39, 0.29) is 31.5 Å². The molecule has 0 fully saturated rings. The smallest absolute Gasteiger partial charge is 0.456 e. The summed E-state index contributed by atoms with van der Waals surface area (Å²) in [5.41, 5.74) is 0. The predicted molar refractivity (Wildman–Crippen MR) is 374 cm³/mol. The zero-order chi connectivity index (χ0) is 62.8. The van der Waals surface area contributed by atoms with E-state index in [0.717, 1.165) is 70.6 Å². The lowest BCUT2D eigenvalue weighted by molar-refractivity contribution is -0.870. The number of nitrogens with one attached hydrogen (secondary N) is 1. The summed E-state index contributed by atoms with van der Waals surface area (Å²) in [4.78, 5) is 38.0. The standard InChI is InChI=1S/C76H143N2O7P/c1-7-10-13-16-19-22-25-28-30-32-34-36-38-39-41-42-44-46-48-50-53-56-59-62-65-68-75(79)77-73(72-84-86(81,82)83-71-70-78(4,5)6)74(67-64-61-58-55-52-27-24-21-18-15-12-9-3)85-76(80)69-66-63-60-57-54-51-49-47-45-43-40-37-35-33-31-29-26-23-20-17-14-11-8-2/h20,23,28-31,35,37,64,67,73-74H,7-19,21-22,24-27,32-34,36,38-63,65-66,68-72H2,1-6H3,(H-,77,79,81,82)/p+1/b23-20-,30-28+,31-29-,37-35-,67-64+. The van der Waals surface area contributed by atoms with Gasteiger partial charge in [0.15, 0.2) is 0 Å². The molecule has 0 aromatic heterocycles. The number of hydrogen-bond acceptors (Lipinski definition) is 6. The van der Waals surface area contributed by atoms with E-state index in [2.05, 4.69) is 74.7 Å². The quantitative estimate of drug-likeness (QED) is 0.0205. The Hall–Kier alpha value is -2.29. The summed E-state index contributed by atoms with van der Waals surface area (Å²) in [6, 6.07) is -0.851. The number of quaternary nitrogens is 1. The van der Waals surface area contributed by atoms with E-state index in [4.69, 9.17) is 13.8 Å². The van der Waals surface area contributed by atoms with Crippen molar-refractivity contribution in [1.82, 2.24) is 5.32 Å². The maximum absolute atomic E-state index is 13.6. The number of amides is 1. The Kier molecular flexibility index (Phi) is 63.9. The molecule has 0 saturated carbocycles. The molecule has 86 heavy (non-hydrogen) atoms. The Morgan fingerprint density at radius 2 is 0.709 bits per heavy atom. The summed E-state index contributed by atoms with van der Waals surface area (Å²) in [5.74, 6) is -0.495. The van der Waals surface area contributed by atoms with E-state index in [1.807, 2.05) is 33.3 Å². The molecular formula is C76H144N2O7P+. The number of hydrogen-bond donors (Lipinski definition) is 2. The van der Waals surface area contributed by atoms with Crippen molar-refractivity contribution in [3.63, 3.8) is 0 Å². The van der Waals surface area contributed by atoms with Gasteiger partial charge in [-0.15, -0.1) is 0 Å². The molecule has 0 radical (unpaired) electrons. The van der Waals surface area contributed by atoms with Crippen LogP contribution in [0.2, 0.25) is 0 Å². The lowest BCUT2D eigenvalue weighted by Crippen LogP contribution is -2.47. The predicted octanol–water partition coefficient (Wildman–Crippen LogP) is 23.7. The molecule has 0 aromatic rings. The van der Waals surface area contributed by atoms with Gasteiger partial charge in [0, 0.05) is 12.8 Å². The van der Waals surface area contributed by atoms with Crippen LogP contribution in [-0.2, 0) is 27.9 Å². The van der Waals surface area contributed by atoms with Crippen LogP contribution < -0.4 is 5.32 Å². The van der Waals surface area contributed by atoms with Crippen molar-refractivity contribution in [2.75, 3.05) is 40.9 Å². The number of unbranched alkanes of at least 4 members (excludes halogenated alkanes) is 44. The van der Waals surface area contributed by atoms with E-state index in [0.29, 0.717) is 17.4 Å². The van der Waals surface area contributed by atoms with Crippen LogP contribution >= 0.6 is 7.82 Å². The zero-order valence-electron chi connectivity index (χ0n) is 57.8. The summed E-state index contributed by atoms with van der Waals surface area (Å²) in [5, 5.41) is 3.08. The van der Waals surface area contributed by atoms with E-state index in [1.165, 1.54) is 257 Å². The van der Waals surface area contributed by atoms with Crippen LogP contribution in [0.1, 0.15) is 361 Å². The molecule has 2 N–H and O–H groups in total. The van der Waals surface area contributed by atoms with Crippen LogP contribution in [0.4, 0.5) is 0 Å². The minimum atomic E-state index is -4.46. The average molecular weight is 1230 g/mol. The summed E-state index contributed by atoms with van der Waals surface area (Å²) < 4.78 is 30.9. The van der Waals surface area contributed by atoms with Crippen molar-refractivity contribution in [2.45, 2.75) is 373 Å². The minimum Gasteiger partial charge on any atom is -0.456 e. The molecule has 3 unspecified atom stereocenters. The van der Waals surface area contributed by atoms with Gasteiger partial charge in [0.1, 0.15) is 19.3 Å². The maximum atomic E-state index is 13.6. The van der Waals surface area contributed by atoms with Gasteiger partial charge in [-0.25, -0.2) is 4.57 Å². The average Bonchev–Trinajstić information content (AvgIpc) is 3.69. The molecule has 9 nitrogen and oxygen atoms in total. The van der Waals surface area contributed by atoms with Gasteiger partial charge < -0.3 is 19.4 Å². The van der Waals surface area contributed by atoms with Gasteiger partial charge in [0.05, 0.1) is 33.8 Å². The van der Waals surface area contributed by atoms with Crippen LogP contribution in [0.5, 0.6) is 0 Å². The molecule has 0 heterocycles. The number of esters is 1. The van der Waals surface area contributed by atoms with Gasteiger partial charge in [0.25, 0.3) is 0 Å². The lowest BCUT2D eigenvalue weighted by atomic mass is 10.0. The van der Waals surface area contributed by atoms with E-state index in [1.54, 1.807) is 0 Å². The summed E-state index contributed by atoms with van der Waals surface area (Å²) in [6.07, 6.45) is 85.2. The minimum absolute atomic E-state index is 0.0401. The van der Waals surface area contributed by atoms with Gasteiger partial charge in [-0.2, -0.15) is 0 Å². The molecule has 0 aliphatic heterocycles. The topological polar surface area (TPSA) is 111 Å². The SMILES string of the molecule is CCCCC/C=C\C/C=C\C/C=C\CCCCCCCCCCCCC(=O)OC(/C=C/CCCCCCCCCCCC)C(COP(=O)(O)OCC[N+](C)(C)C)NC(=O)CCCCCCCCCCCCCCCCC/C=C/CCCCCCCC. The van der Waals surface area contributed by atoms with E-state index >= 15 is 0 Å². The third-order valence-corrected chi connectivity index (χ3v) is 17.7. The Morgan fingerprint density at radius 1 is 0.407 bits per heavy atom. The molecule has 0 rings (SSSR count). The Morgan fingerprint density at radius 3 is 1.09 bits per heavy atom. The fraction of sp³-hybridized carbons (Fsp3) is 0.842. The van der Waals surface area contributed by atoms with Gasteiger partial charge in [-0.05, 0) is 96.0 Å². The second-order valence-electron chi connectivity index (χ2n) is 26.5. The Labute approximate surface area is 534 Å². The molecule has 0 bridgehead atoms. The van der Waals surface area contributed by atoms with Crippen molar-refractivity contribution >= 4 is 19.7 Å². The molecule has 0 aliphatic rings. The molecule has 0 spiro atoms. The van der Waals surface area contributed by atoms with Gasteiger partial charge in [-0.1, -0.05) is 313 Å². The second-order valence-corrected chi connectivity index (χ2v) is 27.9. The maximum Gasteiger partial charge on any atom is 0.472 e. The number of phosphoric acid groups is 1. The molecule has 0 aromatic carbocycles. The fourth-order valence-electron chi connectivity index (χ4n) is 10.9. The second kappa shape index (κ2) is 65.7. The molecule has 10 heteroatoms. The molecule has 0 aliphatic carbocycles. The molecule has 0 saturated heterocycles. The van der Waals surface area contributed by atoms with E-state index in [9.17, 15) is 19.0 Å². The number of carbonyl (C=O) groups excluding carboxylic acids is 2. The summed E-state index contributed by atoms with van der Waals surface area (Å²) in [7, 11) is 1.50. The first-order chi connectivity index (χ1) is 41.9. The monoisotopic (exact) mass is 1230 g/mol. The first-order valence-corrected chi connectivity index (χ1v) is 38.6. The third kappa shape index (κ3) is 66.1. The normalized spacial score (nSPS) is 13.8. The largest absolute Gasteiger partial charge is 0.472 e. The van der Waals surface area contributed by atoms with Crippen LogP contribution in [-0.4, -0.2) is 74.3 Å². The number of ether oxygens (including phenoxy) is 1. The Balaban J connectivity index is 5.01.